The maximum Gasteiger partial charge on any atom is -0.00261 e. The van der Waals surface area contributed by atoms with Gasteiger partial charge in [-0.2, -0.15) is 0 Å². The Labute approximate surface area is 281 Å². The fourth-order valence-corrected chi connectivity index (χ4v) is 7.39. The van der Waals surface area contributed by atoms with Crippen LogP contribution in [0, 0.1) is 0 Å². The topological polar surface area (TPSA) is 0 Å². The highest BCUT2D eigenvalue weighted by Gasteiger charge is 2.18. The van der Waals surface area contributed by atoms with Gasteiger partial charge in [-0.25, -0.2) is 0 Å². The van der Waals surface area contributed by atoms with Gasteiger partial charge in [-0.05, 0) is 100 Å². The predicted molar refractivity (Wildman–Crippen MR) is 206 cm³/mol. The van der Waals surface area contributed by atoms with E-state index in [4.69, 9.17) is 0 Å². The second-order valence-corrected chi connectivity index (χ2v) is 12.5. The molecule has 0 heteroatoms. The average Bonchev–Trinajstić information content (AvgIpc) is 3.17. The summed E-state index contributed by atoms with van der Waals surface area (Å²) in [6.07, 6.45) is 0. The lowest BCUT2D eigenvalue weighted by molar-refractivity contribution is 1.60. The van der Waals surface area contributed by atoms with E-state index in [1.807, 2.05) is 0 Å². The molecule has 0 saturated carbocycles. The first-order chi connectivity index (χ1) is 23.8. The van der Waals surface area contributed by atoms with Gasteiger partial charge in [-0.1, -0.05) is 182 Å². The Morgan fingerprint density at radius 3 is 1.40 bits per heavy atom. The monoisotopic (exact) mass is 608 g/mol. The van der Waals surface area contributed by atoms with Crippen molar-refractivity contribution in [2.75, 3.05) is 0 Å². The number of rotatable bonds is 5. The second kappa shape index (κ2) is 11.8. The van der Waals surface area contributed by atoms with Crippen LogP contribution in [0.2, 0.25) is 0 Å². The van der Waals surface area contributed by atoms with Crippen LogP contribution < -0.4 is 0 Å². The molecule has 0 heterocycles. The summed E-state index contributed by atoms with van der Waals surface area (Å²) < 4.78 is 0. The van der Waals surface area contributed by atoms with E-state index in [2.05, 4.69) is 194 Å². The van der Waals surface area contributed by atoms with Crippen LogP contribution in [0.5, 0.6) is 0 Å². The largest absolute Gasteiger partial charge is 0.0622 e. The molecule has 0 fully saturated rings. The molecule has 0 saturated heterocycles. The van der Waals surface area contributed by atoms with Crippen molar-refractivity contribution in [2.24, 2.45) is 0 Å². The first-order valence-electron chi connectivity index (χ1n) is 16.6. The second-order valence-electron chi connectivity index (χ2n) is 12.5. The van der Waals surface area contributed by atoms with Crippen LogP contribution >= 0.6 is 0 Å². The molecule has 0 bridgehead atoms. The van der Waals surface area contributed by atoms with Gasteiger partial charge in [0.1, 0.15) is 0 Å². The van der Waals surface area contributed by atoms with E-state index in [0.717, 1.165) is 0 Å². The summed E-state index contributed by atoms with van der Waals surface area (Å²) in [5.74, 6) is 0. The van der Waals surface area contributed by atoms with Crippen molar-refractivity contribution in [3.63, 3.8) is 0 Å². The standard InChI is InChI=1S/C48H32/c1-3-13-33(14-4-1)35-25-27-37(28-26-35)47-43-22-9-10-23-44(43)48(40-20-11-19-38(31-40)34-15-5-2-6-16-34)45-30-29-39(32-46(45)47)42-24-12-18-36-17-7-8-21-41(36)42/h1-32H. The summed E-state index contributed by atoms with van der Waals surface area (Å²) in [5, 5.41) is 7.55. The zero-order chi connectivity index (χ0) is 31.9. The Morgan fingerprint density at radius 1 is 0.208 bits per heavy atom. The zero-order valence-corrected chi connectivity index (χ0v) is 26.5. The molecule has 0 amide bonds. The third kappa shape index (κ3) is 4.87. The maximum atomic E-state index is 2.43. The average molecular weight is 609 g/mol. The molecule has 224 valence electrons. The Kier molecular flexibility index (Phi) is 6.91. The molecule has 0 atom stereocenters. The molecule has 9 aromatic carbocycles. The minimum absolute atomic E-state index is 1.22. The minimum Gasteiger partial charge on any atom is -0.0622 e. The third-order valence-electron chi connectivity index (χ3n) is 9.66. The first kappa shape index (κ1) is 28.0. The number of hydrogen-bond donors (Lipinski definition) is 0. The van der Waals surface area contributed by atoms with E-state index >= 15 is 0 Å². The van der Waals surface area contributed by atoms with Crippen LogP contribution in [-0.2, 0) is 0 Å². The molecule has 0 aliphatic rings. The highest BCUT2D eigenvalue weighted by atomic mass is 14.2. The smallest absolute Gasteiger partial charge is 0.00261 e. The van der Waals surface area contributed by atoms with E-state index in [1.165, 1.54) is 88.0 Å². The molecule has 0 aliphatic carbocycles. The Balaban J connectivity index is 1.34. The molecule has 0 N–H and O–H groups in total. The number of fused-ring (bicyclic) bond motifs is 3. The SMILES string of the molecule is c1ccc(-c2ccc(-c3c4ccccc4c(-c4cccc(-c5ccccc5)c4)c4ccc(-c5cccc6ccccc56)cc34)cc2)cc1. The van der Waals surface area contributed by atoms with Crippen molar-refractivity contribution < 1.29 is 0 Å². The fourth-order valence-electron chi connectivity index (χ4n) is 7.39. The van der Waals surface area contributed by atoms with Crippen molar-refractivity contribution in [2.45, 2.75) is 0 Å². The molecular weight excluding hydrogens is 577 g/mol. The molecule has 0 spiro atoms. The van der Waals surface area contributed by atoms with Crippen molar-refractivity contribution in [3.05, 3.63) is 194 Å². The number of benzene rings is 9. The van der Waals surface area contributed by atoms with Gasteiger partial charge in [0.05, 0.1) is 0 Å². The molecule has 0 radical (unpaired) electrons. The lowest BCUT2D eigenvalue weighted by Crippen LogP contribution is -1.92. The Bertz CT molecular complexity index is 2570. The predicted octanol–water partition coefficient (Wildman–Crippen LogP) is 13.5. The van der Waals surface area contributed by atoms with Gasteiger partial charge in [-0.15, -0.1) is 0 Å². The van der Waals surface area contributed by atoms with Crippen molar-refractivity contribution in [1.82, 2.24) is 0 Å². The lowest BCUT2D eigenvalue weighted by Gasteiger charge is -2.19. The Morgan fingerprint density at radius 2 is 0.667 bits per heavy atom. The van der Waals surface area contributed by atoms with E-state index < -0.39 is 0 Å². The van der Waals surface area contributed by atoms with Gasteiger partial charge in [0, 0.05) is 0 Å². The summed E-state index contributed by atoms with van der Waals surface area (Å²) in [6, 6.07) is 70.8. The molecule has 0 nitrogen and oxygen atoms in total. The maximum absolute atomic E-state index is 2.43. The fraction of sp³-hybridized carbons (Fsp3) is 0. The van der Waals surface area contributed by atoms with Crippen LogP contribution in [0.3, 0.4) is 0 Å². The van der Waals surface area contributed by atoms with E-state index in [-0.39, 0.29) is 0 Å². The quantitative estimate of drug-likeness (QED) is 0.171. The summed E-state index contributed by atoms with van der Waals surface area (Å²) in [5.41, 5.74) is 12.3. The van der Waals surface area contributed by atoms with Crippen molar-refractivity contribution in [1.29, 1.82) is 0 Å². The molecule has 48 heavy (non-hydrogen) atoms. The van der Waals surface area contributed by atoms with E-state index in [0.29, 0.717) is 0 Å². The van der Waals surface area contributed by atoms with Gasteiger partial charge < -0.3 is 0 Å². The number of hydrogen-bond acceptors (Lipinski definition) is 0. The molecule has 9 aromatic rings. The van der Waals surface area contributed by atoms with Crippen molar-refractivity contribution in [3.8, 4) is 55.6 Å². The summed E-state index contributed by atoms with van der Waals surface area (Å²) in [7, 11) is 0. The van der Waals surface area contributed by atoms with Gasteiger partial charge in [0.25, 0.3) is 0 Å². The van der Waals surface area contributed by atoms with Crippen LogP contribution in [0.15, 0.2) is 194 Å². The van der Waals surface area contributed by atoms with Crippen LogP contribution in [0.25, 0.3) is 88.0 Å². The summed E-state index contributed by atoms with van der Waals surface area (Å²) >= 11 is 0. The third-order valence-corrected chi connectivity index (χ3v) is 9.66. The van der Waals surface area contributed by atoms with E-state index in [9.17, 15) is 0 Å². The highest BCUT2D eigenvalue weighted by Crippen LogP contribution is 2.46. The summed E-state index contributed by atoms with van der Waals surface area (Å²) in [6.45, 7) is 0. The molecule has 0 unspecified atom stereocenters. The van der Waals surface area contributed by atoms with Crippen LogP contribution in [0.4, 0.5) is 0 Å². The molecule has 0 aliphatic heterocycles. The van der Waals surface area contributed by atoms with E-state index in [1.54, 1.807) is 0 Å². The van der Waals surface area contributed by atoms with Crippen molar-refractivity contribution >= 4 is 32.3 Å². The zero-order valence-electron chi connectivity index (χ0n) is 26.5. The van der Waals surface area contributed by atoms with Crippen LogP contribution in [-0.4, -0.2) is 0 Å². The van der Waals surface area contributed by atoms with Crippen LogP contribution in [0.1, 0.15) is 0 Å². The normalized spacial score (nSPS) is 11.3. The van der Waals surface area contributed by atoms with Gasteiger partial charge in [-0.3, -0.25) is 0 Å². The molecule has 9 rings (SSSR count). The highest BCUT2D eigenvalue weighted by molar-refractivity contribution is 6.22. The summed E-state index contributed by atoms with van der Waals surface area (Å²) in [4.78, 5) is 0. The van der Waals surface area contributed by atoms with Gasteiger partial charge in [0.2, 0.25) is 0 Å². The minimum atomic E-state index is 1.22. The first-order valence-corrected chi connectivity index (χ1v) is 16.6. The molecule has 0 aromatic heterocycles. The van der Waals surface area contributed by atoms with Gasteiger partial charge in [0.15, 0.2) is 0 Å². The Hall–Kier alpha value is -6.24. The molecular formula is C48H32. The van der Waals surface area contributed by atoms with Gasteiger partial charge >= 0.3 is 0 Å². The lowest BCUT2D eigenvalue weighted by atomic mass is 9.84.